The summed E-state index contributed by atoms with van der Waals surface area (Å²) in [5.74, 6) is 1.38. The molecule has 0 spiro atoms. The normalized spacial score (nSPS) is 20.7. The molecule has 6 heteroatoms. The van der Waals surface area contributed by atoms with Crippen LogP contribution in [0, 0.1) is 0 Å². The number of anilines is 1. The molecule has 0 aliphatic carbocycles. The Labute approximate surface area is 106 Å². The molecule has 1 aliphatic heterocycles. The predicted molar refractivity (Wildman–Crippen MR) is 69.9 cm³/mol. The SMILES string of the molecule is COc1ccc(N[C@H]2C=CS(=O)(=O)C2)c(OC)c1. The summed E-state index contributed by atoms with van der Waals surface area (Å²) in [6, 6.07) is 5.11. The van der Waals surface area contributed by atoms with Crippen molar-refractivity contribution in [1.29, 1.82) is 0 Å². The van der Waals surface area contributed by atoms with Crippen LogP contribution in [0.4, 0.5) is 5.69 Å². The average Bonchev–Trinajstić information content (AvgIpc) is 2.69. The van der Waals surface area contributed by atoms with Crippen molar-refractivity contribution >= 4 is 15.5 Å². The molecule has 0 unspecified atom stereocenters. The zero-order valence-corrected chi connectivity index (χ0v) is 11.0. The molecule has 18 heavy (non-hydrogen) atoms. The summed E-state index contributed by atoms with van der Waals surface area (Å²) in [6.07, 6.45) is 1.64. The van der Waals surface area contributed by atoms with Crippen LogP contribution in [-0.4, -0.2) is 34.4 Å². The van der Waals surface area contributed by atoms with Gasteiger partial charge in [0.2, 0.25) is 0 Å². The van der Waals surface area contributed by atoms with E-state index in [0.717, 1.165) is 5.69 Å². The molecule has 1 heterocycles. The monoisotopic (exact) mass is 269 g/mol. The number of rotatable bonds is 4. The zero-order chi connectivity index (χ0) is 13.2. The van der Waals surface area contributed by atoms with E-state index in [-0.39, 0.29) is 11.8 Å². The van der Waals surface area contributed by atoms with E-state index in [1.165, 1.54) is 5.41 Å². The van der Waals surface area contributed by atoms with Gasteiger partial charge in [-0.2, -0.15) is 0 Å². The Balaban J connectivity index is 2.17. The quantitative estimate of drug-likeness (QED) is 0.895. The van der Waals surface area contributed by atoms with E-state index in [2.05, 4.69) is 5.32 Å². The summed E-state index contributed by atoms with van der Waals surface area (Å²) in [6.45, 7) is 0. The summed E-state index contributed by atoms with van der Waals surface area (Å²) in [5.41, 5.74) is 0.741. The molecule has 1 aromatic rings. The van der Waals surface area contributed by atoms with Gasteiger partial charge in [0, 0.05) is 11.5 Å². The van der Waals surface area contributed by atoms with Crippen molar-refractivity contribution in [3.8, 4) is 11.5 Å². The minimum Gasteiger partial charge on any atom is -0.497 e. The van der Waals surface area contributed by atoms with Gasteiger partial charge >= 0.3 is 0 Å². The molecule has 1 aromatic carbocycles. The number of hydrogen-bond acceptors (Lipinski definition) is 5. The Kier molecular flexibility index (Phi) is 3.47. The van der Waals surface area contributed by atoms with Crippen molar-refractivity contribution in [2.45, 2.75) is 6.04 Å². The minimum atomic E-state index is -3.06. The third-order valence-electron chi connectivity index (χ3n) is 2.68. The Morgan fingerprint density at radius 3 is 2.61 bits per heavy atom. The van der Waals surface area contributed by atoms with E-state index in [1.54, 1.807) is 38.5 Å². The Morgan fingerprint density at radius 1 is 1.28 bits per heavy atom. The smallest absolute Gasteiger partial charge is 0.173 e. The molecule has 0 amide bonds. The first-order chi connectivity index (χ1) is 8.54. The van der Waals surface area contributed by atoms with Crippen LogP contribution in [0.15, 0.2) is 29.7 Å². The molecule has 0 saturated carbocycles. The van der Waals surface area contributed by atoms with Crippen molar-refractivity contribution in [1.82, 2.24) is 0 Å². The first-order valence-electron chi connectivity index (χ1n) is 5.43. The average molecular weight is 269 g/mol. The summed E-state index contributed by atoms with van der Waals surface area (Å²) in [5, 5.41) is 4.36. The fraction of sp³-hybridized carbons (Fsp3) is 0.333. The second kappa shape index (κ2) is 4.89. The Hall–Kier alpha value is -1.69. The number of sulfone groups is 1. The molecule has 98 valence electrons. The van der Waals surface area contributed by atoms with Crippen molar-refractivity contribution in [3.05, 3.63) is 29.7 Å². The number of hydrogen-bond donors (Lipinski definition) is 1. The fourth-order valence-corrected chi connectivity index (χ4v) is 3.02. The van der Waals surface area contributed by atoms with Crippen LogP contribution in [0.2, 0.25) is 0 Å². The van der Waals surface area contributed by atoms with Gasteiger partial charge in [-0.15, -0.1) is 0 Å². The highest BCUT2D eigenvalue weighted by Gasteiger charge is 2.22. The highest BCUT2D eigenvalue weighted by atomic mass is 32.2. The number of nitrogens with one attached hydrogen (secondary N) is 1. The third-order valence-corrected chi connectivity index (χ3v) is 4.08. The van der Waals surface area contributed by atoms with Crippen LogP contribution in [-0.2, 0) is 9.84 Å². The van der Waals surface area contributed by atoms with Crippen molar-refractivity contribution in [3.63, 3.8) is 0 Å². The first kappa shape index (κ1) is 12.8. The largest absolute Gasteiger partial charge is 0.497 e. The lowest BCUT2D eigenvalue weighted by Crippen LogP contribution is -2.21. The number of methoxy groups -OCH3 is 2. The molecule has 0 bridgehead atoms. The molecule has 1 N–H and O–H groups in total. The summed E-state index contributed by atoms with van der Waals surface area (Å²) in [7, 11) is 0.0777. The third kappa shape index (κ3) is 2.76. The van der Waals surface area contributed by atoms with Gasteiger partial charge in [0.15, 0.2) is 9.84 Å². The second-order valence-corrected chi connectivity index (χ2v) is 5.91. The zero-order valence-electron chi connectivity index (χ0n) is 10.2. The van der Waals surface area contributed by atoms with Gasteiger partial charge < -0.3 is 14.8 Å². The van der Waals surface area contributed by atoms with Gasteiger partial charge in [0.1, 0.15) is 11.5 Å². The molecule has 0 radical (unpaired) electrons. The van der Waals surface area contributed by atoms with E-state index in [9.17, 15) is 8.42 Å². The van der Waals surface area contributed by atoms with Gasteiger partial charge in [-0.3, -0.25) is 0 Å². The summed E-state index contributed by atoms with van der Waals surface area (Å²) >= 11 is 0. The van der Waals surface area contributed by atoms with Crippen LogP contribution < -0.4 is 14.8 Å². The lowest BCUT2D eigenvalue weighted by molar-refractivity contribution is 0.395. The molecule has 1 atom stereocenters. The van der Waals surface area contributed by atoms with Gasteiger partial charge in [0.05, 0.1) is 31.7 Å². The molecular formula is C12H15NO4S. The maximum absolute atomic E-state index is 11.3. The summed E-state index contributed by atoms with van der Waals surface area (Å²) in [4.78, 5) is 0. The van der Waals surface area contributed by atoms with E-state index in [4.69, 9.17) is 9.47 Å². The van der Waals surface area contributed by atoms with E-state index in [0.29, 0.717) is 11.5 Å². The first-order valence-corrected chi connectivity index (χ1v) is 7.15. The number of ether oxygens (including phenoxy) is 2. The standard InChI is InChI=1S/C12H15NO4S/c1-16-10-3-4-11(12(7-10)17-2)13-9-5-6-18(14,15)8-9/h3-7,9,13H,8H2,1-2H3/t9-/m0/s1. The molecule has 0 aromatic heterocycles. The molecule has 5 nitrogen and oxygen atoms in total. The van der Waals surface area contributed by atoms with Gasteiger partial charge in [-0.25, -0.2) is 8.42 Å². The van der Waals surface area contributed by atoms with Crippen LogP contribution in [0.1, 0.15) is 0 Å². The molecular weight excluding hydrogens is 254 g/mol. The molecule has 1 aliphatic rings. The van der Waals surface area contributed by atoms with Crippen LogP contribution >= 0.6 is 0 Å². The maximum atomic E-state index is 11.3. The second-order valence-electron chi connectivity index (χ2n) is 3.98. The fourth-order valence-electron chi connectivity index (χ4n) is 1.78. The topological polar surface area (TPSA) is 64.6 Å². The number of benzene rings is 1. The predicted octanol–water partition coefficient (Wildman–Crippen LogP) is 1.43. The van der Waals surface area contributed by atoms with E-state index >= 15 is 0 Å². The van der Waals surface area contributed by atoms with Crippen LogP contribution in [0.5, 0.6) is 11.5 Å². The van der Waals surface area contributed by atoms with Gasteiger partial charge in [0.25, 0.3) is 0 Å². The van der Waals surface area contributed by atoms with Crippen molar-refractivity contribution in [2.24, 2.45) is 0 Å². The maximum Gasteiger partial charge on any atom is 0.173 e. The summed E-state index contributed by atoms with van der Waals surface area (Å²) < 4.78 is 32.9. The van der Waals surface area contributed by atoms with E-state index < -0.39 is 9.84 Å². The molecule has 2 rings (SSSR count). The lowest BCUT2D eigenvalue weighted by Gasteiger charge is -2.15. The van der Waals surface area contributed by atoms with Crippen molar-refractivity contribution in [2.75, 3.05) is 25.3 Å². The Bertz CT molecular complexity index is 565. The van der Waals surface area contributed by atoms with Crippen LogP contribution in [0.3, 0.4) is 0 Å². The lowest BCUT2D eigenvalue weighted by atomic mass is 10.2. The highest BCUT2D eigenvalue weighted by Crippen LogP contribution is 2.30. The minimum absolute atomic E-state index is 0.0716. The molecule has 0 fully saturated rings. The molecule has 0 saturated heterocycles. The van der Waals surface area contributed by atoms with Gasteiger partial charge in [-0.05, 0) is 12.1 Å². The highest BCUT2D eigenvalue weighted by molar-refractivity contribution is 7.94. The van der Waals surface area contributed by atoms with Gasteiger partial charge in [-0.1, -0.05) is 6.08 Å². The van der Waals surface area contributed by atoms with E-state index in [1.807, 2.05) is 0 Å². The van der Waals surface area contributed by atoms with Crippen LogP contribution in [0.25, 0.3) is 0 Å². The Morgan fingerprint density at radius 2 is 2.06 bits per heavy atom. The van der Waals surface area contributed by atoms with Crippen molar-refractivity contribution < 1.29 is 17.9 Å².